The van der Waals surface area contributed by atoms with Gasteiger partial charge in [-0.2, -0.15) is 0 Å². The summed E-state index contributed by atoms with van der Waals surface area (Å²) in [6.07, 6.45) is -4.93. The van der Waals surface area contributed by atoms with Crippen LogP contribution in [-0.2, 0) is 23.9 Å². The first-order chi connectivity index (χ1) is 15.0. The third-order valence-electron chi connectivity index (χ3n) is 4.43. The van der Waals surface area contributed by atoms with Crippen LogP contribution in [0.1, 0.15) is 35.0 Å². The van der Waals surface area contributed by atoms with Gasteiger partial charge in [-0.15, -0.1) is 0 Å². The van der Waals surface area contributed by atoms with Crippen LogP contribution in [0, 0.1) is 0 Å². The summed E-state index contributed by atoms with van der Waals surface area (Å²) in [6, 6.07) is 23.9. The molecular weight excluding hydrogens is 400 g/mol. The molecule has 2 unspecified atom stereocenters. The molecule has 3 atom stereocenters. The van der Waals surface area contributed by atoms with Gasteiger partial charge in [0.2, 0.25) is 6.10 Å². The maximum atomic E-state index is 12.7. The van der Waals surface area contributed by atoms with Gasteiger partial charge in [-0.3, -0.25) is 0 Å². The zero-order chi connectivity index (χ0) is 22.2. The van der Waals surface area contributed by atoms with Gasteiger partial charge in [-0.05, 0) is 11.1 Å². The number of esters is 3. The normalized spacial score (nSPS) is 13.5. The lowest BCUT2D eigenvalue weighted by Gasteiger charge is -2.19. The Labute approximate surface area is 178 Å². The van der Waals surface area contributed by atoms with Gasteiger partial charge in [0.1, 0.15) is 0 Å². The predicted molar refractivity (Wildman–Crippen MR) is 109 cm³/mol. The molecule has 158 valence electrons. The van der Waals surface area contributed by atoms with Crippen LogP contribution < -0.4 is 0 Å². The Hall–Kier alpha value is -3.81. The van der Waals surface area contributed by atoms with Crippen molar-refractivity contribution in [2.75, 3.05) is 0 Å². The number of aliphatic hydroxyl groups excluding tert-OH is 2. The van der Waals surface area contributed by atoms with Crippen LogP contribution in [-0.4, -0.2) is 28.1 Å². The smallest absolute Gasteiger partial charge is 0.359 e. The largest absolute Gasteiger partial charge is 0.443 e. The highest BCUT2D eigenvalue weighted by Crippen LogP contribution is 2.24. The molecule has 0 fully saturated rings. The van der Waals surface area contributed by atoms with Gasteiger partial charge in [0.15, 0.2) is 12.2 Å². The standard InChI is InChI=1S/C24H20O7/c25-19(16-10-4-1-5-11-16)22(27)30-21(18-14-8-3-9-15-18)24(29)31-23(28)20(26)17-12-6-2-7-13-17/h1-15,19-21,25-26H/t19?,20?,21-/m1/s1. The fourth-order valence-electron chi connectivity index (χ4n) is 2.81. The summed E-state index contributed by atoms with van der Waals surface area (Å²) >= 11 is 0. The molecule has 0 amide bonds. The third kappa shape index (κ3) is 5.63. The molecule has 0 saturated carbocycles. The van der Waals surface area contributed by atoms with Gasteiger partial charge in [0.05, 0.1) is 0 Å². The minimum absolute atomic E-state index is 0.239. The SMILES string of the molecule is O=C(OC(=O)[C@H](OC(=O)C(O)c1ccccc1)c1ccccc1)C(O)c1ccccc1. The molecule has 7 heteroatoms. The predicted octanol–water partition coefficient (Wildman–Crippen LogP) is 2.81. The maximum absolute atomic E-state index is 12.7. The molecule has 0 radical (unpaired) electrons. The van der Waals surface area contributed by atoms with Crippen LogP contribution in [0.25, 0.3) is 0 Å². The van der Waals surface area contributed by atoms with E-state index in [4.69, 9.17) is 9.47 Å². The van der Waals surface area contributed by atoms with Gasteiger partial charge >= 0.3 is 17.9 Å². The Kier molecular flexibility index (Phi) is 7.26. The molecule has 0 heterocycles. The molecule has 0 spiro atoms. The average molecular weight is 420 g/mol. The Balaban J connectivity index is 1.76. The topological polar surface area (TPSA) is 110 Å². The first kappa shape index (κ1) is 21.9. The summed E-state index contributed by atoms with van der Waals surface area (Å²) < 4.78 is 9.99. The van der Waals surface area contributed by atoms with E-state index >= 15 is 0 Å². The number of ether oxygens (including phenoxy) is 2. The van der Waals surface area contributed by atoms with Gasteiger partial charge in [0, 0.05) is 5.56 Å². The quantitative estimate of drug-likeness (QED) is 0.447. The molecule has 0 aliphatic rings. The minimum atomic E-state index is -1.69. The van der Waals surface area contributed by atoms with E-state index in [1.54, 1.807) is 54.6 Å². The van der Waals surface area contributed by atoms with E-state index in [0.717, 1.165) is 0 Å². The number of benzene rings is 3. The highest BCUT2D eigenvalue weighted by molar-refractivity contribution is 5.92. The Morgan fingerprint density at radius 2 is 0.935 bits per heavy atom. The lowest BCUT2D eigenvalue weighted by Crippen LogP contribution is -2.28. The van der Waals surface area contributed by atoms with E-state index in [9.17, 15) is 24.6 Å². The summed E-state index contributed by atoms with van der Waals surface area (Å²) in [7, 11) is 0. The molecule has 0 bridgehead atoms. The minimum Gasteiger partial charge on any atom is -0.443 e. The van der Waals surface area contributed by atoms with Crippen molar-refractivity contribution in [3.63, 3.8) is 0 Å². The molecule has 3 aromatic carbocycles. The number of carbonyl (C=O) groups is 3. The highest BCUT2D eigenvalue weighted by Gasteiger charge is 2.33. The first-order valence-electron chi connectivity index (χ1n) is 9.44. The lowest BCUT2D eigenvalue weighted by molar-refractivity contribution is -0.181. The van der Waals surface area contributed by atoms with Crippen molar-refractivity contribution in [3.8, 4) is 0 Å². The van der Waals surface area contributed by atoms with E-state index in [2.05, 4.69) is 0 Å². The fourth-order valence-corrected chi connectivity index (χ4v) is 2.81. The van der Waals surface area contributed by atoms with Crippen molar-refractivity contribution in [1.82, 2.24) is 0 Å². The number of carbonyl (C=O) groups excluding carboxylic acids is 3. The van der Waals surface area contributed by atoms with Crippen molar-refractivity contribution >= 4 is 17.9 Å². The van der Waals surface area contributed by atoms with Crippen molar-refractivity contribution < 1.29 is 34.1 Å². The Morgan fingerprint density at radius 3 is 1.39 bits per heavy atom. The second kappa shape index (κ2) is 10.3. The monoisotopic (exact) mass is 420 g/mol. The van der Waals surface area contributed by atoms with Gasteiger partial charge in [0.25, 0.3) is 0 Å². The number of rotatable bonds is 7. The Morgan fingerprint density at radius 1 is 0.548 bits per heavy atom. The van der Waals surface area contributed by atoms with Crippen molar-refractivity contribution in [3.05, 3.63) is 108 Å². The number of hydrogen-bond acceptors (Lipinski definition) is 7. The number of hydrogen-bond donors (Lipinski definition) is 2. The molecule has 7 nitrogen and oxygen atoms in total. The molecule has 3 aromatic rings. The molecule has 0 aliphatic heterocycles. The summed E-state index contributed by atoms with van der Waals surface area (Å²) in [5.74, 6) is -3.50. The third-order valence-corrected chi connectivity index (χ3v) is 4.43. The highest BCUT2D eigenvalue weighted by atomic mass is 16.6. The van der Waals surface area contributed by atoms with Crippen molar-refractivity contribution in [2.24, 2.45) is 0 Å². The molecule has 31 heavy (non-hydrogen) atoms. The van der Waals surface area contributed by atoms with Crippen LogP contribution in [0.5, 0.6) is 0 Å². The van der Waals surface area contributed by atoms with Crippen LogP contribution in [0.4, 0.5) is 0 Å². The van der Waals surface area contributed by atoms with Gasteiger partial charge < -0.3 is 19.7 Å². The van der Waals surface area contributed by atoms with E-state index in [1.807, 2.05) is 0 Å². The average Bonchev–Trinajstić information content (AvgIpc) is 2.82. The van der Waals surface area contributed by atoms with Crippen molar-refractivity contribution in [1.29, 1.82) is 0 Å². The van der Waals surface area contributed by atoms with E-state index < -0.39 is 36.2 Å². The molecule has 3 rings (SSSR count). The van der Waals surface area contributed by atoms with E-state index in [-0.39, 0.29) is 16.7 Å². The van der Waals surface area contributed by atoms with Gasteiger partial charge in [-0.25, -0.2) is 14.4 Å². The number of aliphatic hydroxyl groups is 2. The van der Waals surface area contributed by atoms with Crippen molar-refractivity contribution in [2.45, 2.75) is 18.3 Å². The second-order valence-corrected chi connectivity index (χ2v) is 6.59. The summed E-state index contributed by atoms with van der Waals surface area (Å²) in [5, 5.41) is 20.4. The van der Waals surface area contributed by atoms with E-state index in [0.29, 0.717) is 0 Å². The van der Waals surface area contributed by atoms with Gasteiger partial charge in [-0.1, -0.05) is 91.0 Å². The van der Waals surface area contributed by atoms with Crippen LogP contribution >= 0.6 is 0 Å². The molecule has 0 aromatic heterocycles. The fraction of sp³-hybridized carbons (Fsp3) is 0.125. The lowest BCUT2D eigenvalue weighted by atomic mass is 10.1. The second-order valence-electron chi connectivity index (χ2n) is 6.59. The van der Waals surface area contributed by atoms with Crippen LogP contribution in [0.2, 0.25) is 0 Å². The molecule has 0 saturated heterocycles. The zero-order valence-corrected chi connectivity index (χ0v) is 16.3. The Bertz CT molecular complexity index is 1020. The molecule has 2 N–H and O–H groups in total. The summed E-state index contributed by atoms with van der Waals surface area (Å²) in [5.41, 5.74) is 0.763. The molecular formula is C24H20O7. The summed E-state index contributed by atoms with van der Waals surface area (Å²) in [4.78, 5) is 37.4. The summed E-state index contributed by atoms with van der Waals surface area (Å²) in [6.45, 7) is 0. The zero-order valence-electron chi connectivity index (χ0n) is 16.3. The van der Waals surface area contributed by atoms with Crippen LogP contribution in [0.3, 0.4) is 0 Å². The van der Waals surface area contributed by atoms with E-state index in [1.165, 1.54) is 36.4 Å². The maximum Gasteiger partial charge on any atom is 0.359 e. The first-order valence-corrected chi connectivity index (χ1v) is 9.44. The van der Waals surface area contributed by atoms with Crippen LogP contribution in [0.15, 0.2) is 91.0 Å². The molecule has 0 aliphatic carbocycles.